The monoisotopic (exact) mass is 327 g/mol. The quantitative estimate of drug-likeness (QED) is 0.865. The molecular formula is C19H22FN3O. The third-order valence-corrected chi connectivity index (χ3v) is 5.39. The highest BCUT2D eigenvalue weighted by molar-refractivity contribution is 5.59. The Morgan fingerprint density at radius 3 is 2.54 bits per heavy atom. The Hall–Kier alpha value is -2.01. The van der Waals surface area contributed by atoms with Crippen LogP contribution in [0.25, 0.3) is 11.3 Å². The maximum Gasteiger partial charge on any atom is 0.233 e. The second-order valence-corrected chi connectivity index (χ2v) is 6.94. The van der Waals surface area contributed by atoms with Crippen LogP contribution in [0.4, 0.5) is 4.39 Å². The minimum absolute atomic E-state index is 0.170. The van der Waals surface area contributed by atoms with Crippen LogP contribution in [0.3, 0.4) is 0 Å². The van der Waals surface area contributed by atoms with E-state index in [1.54, 1.807) is 18.2 Å². The number of ether oxygens (including phenoxy) is 1. The minimum atomic E-state index is -0.274. The van der Waals surface area contributed by atoms with E-state index in [1.807, 2.05) is 13.0 Å². The topological polar surface area (TPSA) is 38.2 Å². The molecule has 3 fully saturated rings. The van der Waals surface area contributed by atoms with E-state index in [-0.39, 0.29) is 11.9 Å². The van der Waals surface area contributed by atoms with Crippen LogP contribution >= 0.6 is 0 Å². The van der Waals surface area contributed by atoms with Crippen LogP contribution in [0.2, 0.25) is 0 Å². The van der Waals surface area contributed by atoms with E-state index in [0.29, 0.717) is 29.1 Å². The molecule has 3 aliphatic rings. The van der Waals surface area contributed by atoms with Crippen molar-refractivity contribution in [3.05, 3.63) is 41.7 Å². The van der Waals surface area contributed by atoms with Crippen molar-refractivity contribution >= 4 is 0 Å². The molecule has 0 saturated carbocycles. The van der Waals surface area contributed by atoms with Gasteiger partial charge in [0.05, 0.1) is 5.69 Å². The summed E-state index contributed by atoms with van der Waals surface area (Å²) in [5, 5.41) is 8.34. The van der Waals surface area contributed by atoms with Crippen LogP contribution in [-0.4, -0.2) is 40.3 Å². The molecule has 0 N–H and O–H groups in total. The Morgan fingerprint density at radius 2 is 1.92 bits per heavy atom. The number of hydrogen-bond acceptors (Lipinski definition) is 4. The molecule has 2 atom stereocenters. The number of halogens is 1. The zero-order valence-corrected chi connectivity index (χ0v) is 14.1. The van der Waals surface area contributed by atoms with Gasteiger partial charge in [-0.1, -0.05) is 6.07 Å². The smallest absolute Gasteiger partial charge is 0.233 e. The molecule has 3 saturated heterocycles. The molecule has 4 nitrogen and oxygen atoms in total. The summed E-state index contributed by atoms with van der Waals surface area (Å²) < 4.78 is 20.2. The van der Waals surface area contributed by atoms with Crippen molar-refractivity contribution in [2.75, 3.05) is 13.1 Å². The van der Waals surface area contributed by atoms with Crippen LogP contribution in [0.15, 0.2) is 30.3 Å². The van der Waals surface area contributed by atoms with Crippen molar-refractivity contribution in [1.29, 1.82) is 0 Å². The van der Waals surface area contributed by atoms with Crippen LogP contribution in [0.1, 0.15) is 25.3 Å². The zero-order chi connectivity index (χ0) is 16.7. The maximum atomic E-state index is 14.1. The fourth-order valence-electron chi connectivity index (χ4n) is 3.95. The van der Waals surface area contributed by atoms with Gasteiger partial charge in [0.15, 0.2) is 0 Å². The van der Waals surface area contributed by atoms with Crippen LogP contribution in [0.5, 0.6) is 5.88 Å². The second-order valence-electron chi connectivity index (χ2n) is 6.94. The summed E-state index contributed by atoms with van der Waals surface area (Å²) in [6, 6.07) is 9.11. The van der Waals surface area contributed by atoms with E-state index in [1.165, 1.54) is 32.0 Å². The summed E-state index contributed by atoms with van der Waals surface area (Å²) in [6.45, 7) is 6.43. The van der Waals surface area contributed by atoms with E-state index in [9.17, 15) is 4.39 Å². The highest BCUT2D eigenvalue weighted by Gasteiger charge is 2.41. The molecule has 0 spiro atoms. The van der Waals surface area contributed by atoms with Crippen LogP contribution < -0.4 is 4.74 Å². The molecule has 3 aliphatic heterocycles. The fourth-order valence-corrected chi connectivity index (χ4v) is 3.95. The number of piperidine rings is 3. The Kier molecular flexibility index (Phi) is 3.96. The largest absolute Gasteiger partial charge is 0.471 e. The number of benzene rings is 1. The summed E-state index contributed by atoms with van der Waals surface area (Å²) in [6.07, 6.45) is 2.55. The lowest BCUT2D eigenvalue weighted by molar-refractivity contribution is -0.0528. The molecule has 1 aromatic carbocycles. The highest BCUT2D eigenvalue weighted by Crippen LogP contribution is 2.34. The summed E-state index contributed by atoms with van der Waals surface area (Å²) in [5.41, 5.74) is 1.89. The molecule has 2 aromatic rings. The molecule has 126 valence electrons. The Morgan fingerprint density at radius 1 is 1.12 bits per heavy atom. The fraction of sp³-hybridized carbons (Fsp3) is 0.474. The lowest BCUT2D eigenvalue weighted by Gasteiger charge is -2.48. The highest BCUT2D eigenvalue weighted by atomic mass is 19.1. The van der Waals surface area contributed by atoms with Crippen LogP contribution in [-0.2, 0) is 0 Å². The Bertz CT molecular complexity index is 724. The molecule has 0 unspecified atom stereocenters. The van der Waals surface area contributed by atoms with E-state index >= 15 is 0 Å². The van der Waals surface area contributed by atoms with Gasteiger partial charge in [0.1, 0.15) is 11.9 Å². The van der Waals surface area contributed by atoms with Gasteiger partial charge in [-0.05, 0) is 69.5 Å². The van der Waals surface area contributed by atoms with Gasteiger partial charge in [-0.2, -0.15) is 0 Å². The number of hydrogen-bond donors (Lipinski definition) is 0. The van der Waals surface area contributed by atoms with E-state index in [4.69, 9.17) is 4.74 Å². The van der Waals surface area contributed by atoms with Gasteiger partial charge in [-0.15, -0.1) is 10.2 Å². The molecule has 0 radical (unpaired) electrons. The molecule has 0 aliphatic carbocycles. The van der Waals surface area contributed by atoms with Gasteiger partial charge in [-0.25, -0.2) is 4.39 Å². The van der Waals surface area contributed by atoms with Gasteiger partial charge in [0, 0.05) is 17.7 Å². The first-order valence-corrected chi connectivity index (χ1v) is 8.63. The number of nitrogens with zero attached hydrogens (tertiary/aromatic N) is 3. The lowest BCUT2D eigenvalue weighted by Crippen LogP contribution is -2.58. The number of aryl methyl sites for hydroxylation is 1. The third-order valence-electron chi connectivity index (χ3n) is 5.39. The molecule has 0 amide bonds. The zero-order valence-electron chi connectivity index (χ0n) is 14.1. The van der Waals surface area contributed by atoms with Crippen molar-refractivity contribution in [2.24, 2.45) is 5.92 Å². The van der Waals surface area contributed by atoms with Crippen LogP contribution in [0, 0.1) is 18.7 Å². The Labute approximate surface area is 141 Å². The molecule has 5 heteroatoms. The summed E-state index contributed by atoms with van der Waals surface area (Å²) in [4.78, 5) is 2.48. The maximum absolute atomic E-state index is 14.1. The molecule has 4 heterocycles. The Balaban J connectivity index is 1.52. The van der Waals surface area contributed by atoms with Gasteiger partial charge in [-0.3, -0.25) is 4.90 Å². The summed E-state index contributed by atoms with van der Waals surface area (Å²) >= 11 is 0. The molecule has 1 aromatic heterocycles. The van der Waals surface area contributed by atoms with Crippen molar-refractivity contribution in [1.82, 2.24) is 15.1 Å². The van der Waals surface area contributed by atoms with E-state index in [2.05, 4.69) is 22.0 Å². The van der Waals surface area contributed by atoms with E-state index < -0.39 is 0 Å². The average molecular weight is 327 g/mol. The minimum Gasteiger partial charge on any atom is -0.471 e. The number of fused-ring (bicyclic) bond motifs is 3. The van der Waals surface area contributed by atoms with Gasteiger partial charge in [0.2, 0.25) is 5.88 Å². The standard InChI is InChI=1S/C19H22FN3O/c1-12-3-4-15(16(20)11-12)17-5-6-18(22-21-17)24-19-13(2)23-9-7-14(19)8-10-23/h3-6,11,13-14,19H,7-10H2,1-2H3/t13-,19-/m1/s1. The first-order valence-electron chi connectivity index (χ1n) is 8.63. The normalized spacial score (nSPS) is 28.8. The molecular weight excluding hydrogens is 305 g/mol. The van der Waals surface area contributed by atoms with Crippen molar-refractivity contribution < 1.29 is 9.13 Å². The van der Waals surface area contributed by atoms with E-state index in [0.717, 1.165) is 5.56 Å². The average Bonchev–Trinajstić information content (AvgIpc) is 2.59. The molecule has 2 bridgehead atoms. The SMILES string of the molecule is Cc1ccc(-c2ccc(O[C@H]3C4CCN(CC4)[C@@H]3C)nn2)c(F)c1. The second kappa shape index (κ2) is 6.13. The third kappa shape index (κ3) is 2.77. The number of rotatable bonds is 3. The first-order chi connectivity index (χ1) is 11.6. The summed E-state index contributed by atoms with van der Waals surface area (Å²) in [7, 11) is 0. The summed E-state index contributed by atoms with van der Waals surface area (Å²) in [5.74, 6) is 0.849. The first kappa shape index (κ1) is 15.5. The van der Waals surface area contributed by atoms with Crippen molar-refractivity contribution in [3.63, 3.8) is 0 Å². The van der Waals surface area contributed by atoms with Crippen molar-refractivity contribution in [2.45, 2.75) is 38.8 Å². The predicted molar refractivity (Wildman–Crippen MR) is 90.3 cm³/mol. The van der Waals surface area contributed by atoms with Gasteiger partial charge in [0.25, 0.3) is 0 Å². The molecule has 24 heavy (non-hydrogen) atoms. The number of aromatic nitrogens is 2. The molecule has 5 rings (SSSR count). The predicted octanol–water partition coefficient (Wildman–Crippen LogP) is 3.45. The lowest BCUT2D eigenvalue weighted by atomic mass is 9.81. The van der Waals surface area contributed by atoms with Crippen molar-refractivity contribution in [3.8, 4) is 17.1 Å². The van der Waals surface area contributed by atoms with Gasteiger partial charge >= 0.3 is 0 Å². The van der Waals surface area contributed by atoms with Gasteiger partial charge < -0.3 is 4.74 Å².